The van der Waals surface area contributed by atoms with E-state index in [9.17, 15) is 27.5 Å². The molecule has 3 N–H and O–H groups in total. The van der Waals surface area contributed by atoms with Gasteiger partial charge in [-0.15, -0.1) is 0 Å². The summed E-state index contributed by atoms with van der Waals surface area (Å²) in [5.74, 6) is -1.07. The van der Waals surface area contributed by atoms with Crippen LogP contribution in [0, 0.1) is 11.7 Å². The summed E-state index contributed by atoms with van der Waals surface area (Å²) in [5, 5.41) is 15.0. The maximum Gasteiger partial charge on any atom is 0.323 e. The molecular weight excluding hydrogens is 491 g/mol. The number of benzene rings is 2. The number of ether oxygens (including phenoxy) is 1. The van der Waals surface area contributed by atoms with Gasteiger partial charge < -0.3 is 25.4 Å². The zero-order valence-electron chi connectivity index (χ0n) is 20.6. The van der Waals surface area contributed by atoms with Crippen molar-refractivity contribution in [3.63, 3.8) is 0 Å². The second-order valence-electron chi connectivity index (χ2n) is 8.93. The predicted molar refractivity (Wildman–Crippen MR) is 134 cm³/mol. The molecule has 2 aromatic carbocycles. The number of rotatable bonds is 7. The average Bonchev–Trinajstić information content (AvgIpc) is 2.82. The number of halogens is 1. The van der Waals surface area contributed by atoms with Crippen LogP contribution in [0.2, 0.25) is 0 Å². The lowest BCUT2D eigenvalue weighted by Crippen LogP contribution is -2.50. The van der Waals surface area contributed by atoms with Gasteiger partial charge >= 0.3 is 6.03 Å². The van der Waals surface area contributed by atoms with Crippen LogP contribution >= 0.6 is 0 Å². The summed E-state index contributed by atoms with van der Waals surface area (Å²) in [5.41, 5.74) is 0.709. The Kier molecular flexibility index (Phi) is 8.54. The fraction of sp³-hybridized carbons (Fsp3) is 0.417. The highest BCUT2D eigenvalue weighted by molar-refractivity contribution is 7.88. The number of hydrogen-bond donors (Lipinski definition) is 3. The van der Waals surface area contributed by atoms with Crippen molar-refractivity contribution in [1.29, 1.82) is 0 Å². The number of sulfonamides is 1. The van der Waals surface area contributed by atoms with Crippen LogP contribution in [0.25, 0.3) is 0 Å². The van der Waals surface area contributed by atoms with E-state index >= 15 is 0 Å². The molecule has 0 unspecified atom stereocenters. The summed E-state index contributed by atoms with van der Waals surface area (Å²) < 4.78 is 44.7. The van der Waals surface area contributed by atoms with Gasteiger partial charge in [-0.1, -0.05) is 13.0 Å². The van der Waals surface area contributed by atoms with E-state index in [0.29, 0.717) is 5.69 Å². The predicted octanol–water partition coefficient (Wildman–Crippen LogP) is 2.58. The molecule has 0 saturated carbocycles. The smallest absolute Gasteiger partial charge is 0.323 e. The Bertz CT molecular complexity index is 1210. The Labute approximate surface area is 210 Å². The second kappa shape index (κ2) is 11.2. The van der Waals surface area contributed by atoms with Crippen LogP contribution in [0.1, 0.15) is 24.2 Å². The third kappa shape index (κ3) is 6.50. The summed E-state index contributed by atoms with van der Waals surface area (Å²) in [6.07, 6.45) is 0.415. The number of amides is 3. The Hall–Kier alpha value is -3.22. The molecule has 3 rings (SSSR count). The van der Waals surface area contributed by atoms with Crippen molar-refractivity contribution in [3.05, 3.63) is 53.8 Å². The fourth-order valence-electron chi connectivity index (χ4n) is 3.77. The van der Waals surface area contributed by atoms with E-state index in [2.05, 4.69) is 10.6 Å². The van der Waals surface area contributed by atoms with Crippen LogP contribution in [0.15, 0.2) is 42.5 Å². The van der Waals surface area contributed by atoms with E-state index in [-0.39, 0.29) is 42.6 Å². The maximum absolute atomic E-state index is 13.4. The number of aliphatic hydroxyl groups excluding tert-OH is 1. The number of nitrogens with zero attached hydrogens (tertiary/aromatic N) is 2. The lowest BCUT2D eigenvalue weighted by Gasteiger charge is -2.38. The van der Waals surface area contributed by atoms with Crippen molar-refractivity contribution >= 4 is 33.3 Å². The van der Waals surface area contributed by atoms with E-state index in [1.165, 1.54) is 36.2 Å². The SMILES string of the molecule is C[C@H]1CN([C@@H](C)CO)C(=O)c2cccc(NC(=O)Nc3ccc(F)cc3)c2O[C@@H]1CN(C)S(C)(=O)=O. The van der Waals surface area contributed by atoms with Gasteiger partial charge in [0.25, 0.3) is 5.91 Å². The van der Waals surface area contributed by atoms with Crippen molar-refractivity contribution in [1.82, 2.24) is 9.21 Å². The molecule has 3 atom stereocenters. The first-order chi connectivity index (χ1) is 16.9. The topological polar surface area (TPSA) is 128 Å². The van der Waals surface area contributed by atoms with Gasteiger partial charge in [0.15, 0.2) is 5.75 Å². The Morgan fingerprint density at radius 1 is 1.25 bits per heavy atom. The zero-order chi connectivity index (χ0) is 26.6. The minimum Gasteiger partial charge on any atom is -0.486 e. The molecule has 0 fully saturated rings. The van der Waals surface area contributed by atoms with Gasteiger partial charge in [0.2, 0.25) is 10.0 Å². The number of likely N-dealkylation sites (N-methyl/N-ethyl adjacent to an activating group) is 1. The van der Waals surface area contributed by atoms with Gasteiger partial charge in [-0.05, 0) is 43.3 Å². The first kappa shape index (κ1) is 27.4. The Morgan fingerprint density at radius 2 is 1.92 bits per heavy atom. The number of nitrogens with one attached hydrogen (secondary N) is 2. The van der Waals surface area contributed by atoms with Crippen molar-refractivity contribution in [2.24, 2.45) is 5.92 Å². The minimum atomic E-state index is -3.51. The lowest BCUT2D eigenvalue weighted by molar-refractivity contribution is 0.0389. The first-order valence-electron chi connectivity index (χ1n) is 11.4. The molecular formula is C24H31FN4O6S. The molecule has 196 valence electrons. The highest BCUT2D eigenvalue weighted by Crippen LogP contribution is 2.35. The number of hydrogen-bond acceptors (Lipinski definition) is 6. The third-order valence-corrected chi connectivity index (χ3v) is 7.33. The molecule has 0 saturated heterocycles. The van der Waals surface area contributed by atoms with Gasteiger partial charge in [-0.3, -0.25) is 4.79 Å². The summed E-state index contributed by atoms with van der Waals surface area (Å²) in [6.45, 7) is 3.51. The number of para-hydroxylation sites is 1. The number of aliphatic hydroxyl groups is 1. The number of fused-ring (bicyclic) bond motifs is 1. The zero-order valence-corrected chi connectivity index (χ0v) is 21.4. The van der Waals surface area contributed by atoms with Crippen LogP contribution in [-0.4, -0.2) is 79.8 Å². The van der Waals surface area contributed by atoms with Crippen LogP contribution in [0.5, 0.6) is 5.75 Å². The molecule has 0 bridgehead atoms. The number of carbonyl (C=O) groups excluding carboxylic acids is 2. The molecule has 1 aliphatic rings. The standard InChI is InChI=1S/C24H31FN4O6S/c1-15-12-29(16(2)14-30)23(31)19-6-5-7-20(22(19)35-21(15)13-28(3)36(4,33)34)27-24(32)26-18-10-8-17(25)9-11-18/h5-11,15-16,21,30H,12-14H2,1-4H3,(H2,26,27,32)/t15-,16-,21+/m0/s1. The summed E-state index contributed by atoms with van der Waals surface area (Å²) in [6, 6.07) is 8.75. The van der Waals surface area contributed by atoms with Crippen LogP contribution in [0.4, 0.5) is 20.6 Å². The van der Waals surface area contributed by atoms with E-state index in [0.717, 1.165) is 10.6 Å². The van der Waals surface area contributed by atoms with Crippen molar-refractivity contribution < 1.29 is 32.2 Å². The van der Waals surface area contributed by atoms with Crippen LogP contribution < -0.4 is 15.4 Å². The molecule has 36 heavy (non-hydrogen) atoms. The highest BCUT2D eigenvalue weighted by atomic mass is 32.2. The molecule has 10 nitrogen and oxygen atoms in total. The van der Waals surface area contributed by atoms with Gasteiger partial charge in [0.1, 0.15) is 11.9 Å². The van der Waals surface area contributed by atoms with Crippen molar-refractivity contribution in [3.8, 4) is 5.75 Å². The molecule has 12 heteroatoms. The van der Waals surface area contributed by atoms with E-state index in [1.807, 2.05) is 6.92 Å². The average molecular weight is 523 g/mol. The fourth-order valence-corrected chi connectivity index (χ4v) is 4.18. The van der Waals surface area contributed by atoms with Gasteiger partial charge in [0, 0.05) is 25.2 Å². The van der Waals surface area contributed by atoms with Crippen LogP contribution in [-0.2, 0) is 10.0 Å². The quantitative estimate of drug-likeness (QED) is 0.513. The third-order valence-electron chi connectivity index (χ3n) is 6.04. The van der Waals surface area contributed by atoms with Gasteiger partial charge in [0.05, 0.1) is 36.7 Å². The molecule has 0 spiro atoms. The van der Waals surface area contributed by atoms with E-state index in [4.69, 9.17) is 4.74 Å². The van der Waals surface area contributed by atoms with Gasteiger partial charge in [-0.2, -0.15) is 0 Å². The van der Waals surface area contributed by atoms with E-state index in [1.54, 1.807) is 25.1 Å². The van der Waals surface area contributed by atoms with Crippen LogP contribution in [0.3, 0.4) is 0 Å². The Balaban J connectivity index is 1.99. The number of carbonyl (C=O) groups is 2. The second-order valence-corrected chi connectivity index (χ2v) is 11.0. The maximum atomic E-state index is 13.4. The molecule has 1 heterocycles. The first-order valence-corrected chi connectivity index (χ1v) is 13.2. The number of urea groups is 1. The monoisotopic (exact) mass is 522 g/mol. The molecule has 1 aliphatic heterocycles. The van der Waals surface area contributed by atoms with E-state index < -0.39 is 39.9 Å². The molecule has 0 aliphatic carbocycles. The normalized spacial score (nSPS) is 19.1. The largest absolute Gasteiger partial charge is 0.486 e. The Morgan fingerprint density at radius 3 is 2.53 bits per heavy atom. The van der Waals surface area contributed by atoms with Crippen molar-refractivity contribution in [2.75, 3.05) is 43.6 Å². The van der Waals surface area contributed by atoms with Crippen molar-refractivity contribution in [2.45, 2.75) is 26.0 Å². The summed E-state index contributed by atoms with van der Waals surface area (Å²) in [7, 11) is -2.07. The number of anilines is 2. The highest BCUT2D eigenvalue weighted by Gasteiger charge is 2.35. The molecule has 0 radical (unpaired) electrons. The van der Waals surface area contributed by atoms with Gasteiger partial charge in [-0.25, -0.2) is 21.9 Å². The molecule has 0 aromatic heterocycles. The molecule has 3 amide bonds. The summed E-state index contributed by atoms with van der Waals surface area (Å²) in [4.78, 5) is 27.6. The molecule has 2 aromatic rings. The lowest BCUT2D eigenvalue weighted by atomic mass is 9.99. The summed E-state index contributed by atoms with van der Waals surface area (Å²) >= 11 is 0. The minimum absolute atomic E-state index is 0.00505.